The number of carbonyl (C=O) groups is 3. The monoisotopic (exact) mass is 638 g/mol. The molecule has 3 aromatic carbocycles. The van der Waals surface area contributed by atoms with Gasteiger partial charge in [-0.25, -0.2) is 0 Å². The Bertz CT molecular complexity index is 1760. The predicted octanol–water partition coefficient (Wildman–Crippen LogP) is 5.23. The number of aromatic nitrogens is 1. The molecule has 11 heteroatoms. The van der Waals surface area contributed by atoms with Crippen molar-refractivity contribution in [2.45, 2.75) is 45.4 Å². The molecule has 6 rings (SSSR count). The van der Waals surface area contributed by atoms with Gasteiger partial charge in [-0.05, 0) is 55.7 Å². The molecule has 1 N–H and O–H groups in total. The fourth-order valence-electron chi connectivity index (χ4n) is 6.06. The van der Waals surface area contributed by atoms with E-state index in [-0.39, 0.29) is 43.5 Å². The normalized spacial score (nSPS) is 18.6. The van der Waals surface area contributed by atoms with Crippen LogP contribution in [0.5, 0.6) is 17.2 Å². The average Bonchev–Trinajstić information content (AvgIpc) is 3.48. The first-order valence-corrected chi connectivity index (χ1v) is 15.8. The van der Waals surface area contributed by atoms with Crippen molar-refractivity contribution in [2.24, 2.45) is 0 Å². The van der Waals surface area contributed by atoms with Crippen molar-refractivity contribution in [3.63, 3.8) is 0 Å². The highest BCUT2D eigenvalue weighted by Gasteiger charge is 2.36. The number of hydrogen-bond donors (Lipinski definition) is 1. The van der Waals surface area contributed by atoms with Crippen LogP contribution in [0.15, 0.2) is 77.3 Å². The van der Waals surface area contributed by atoms with Crippen LogP contribution in [0.2, 0.25) is 0 Å². The molecular weight excluding hydrogens is 600 g/mol. The van der Waals surface area contributed by atoms with Crippen molar-refractivity contribution in [1.29, 1.82) is 0 Å². The fraction of sp³-hybridized carbons (Fsp3) is 0.333. The second-order valence-corrected chi connectivity index (χ2v) is 11.7. The number of hydrogen-bond acceptors (Lipinski definition) is 8. The second kappa shape index (κ2) is 14.1. The summed E-state index contributed by atoms with van der Waals surface area (Å²) in [6.45, 7) is 4.79. The van der Waals surface area contributed by atoms with Gasteiger partial charge in [0, 0.05) is 30.8 Å². The lowest BCUT2D eigenvalue weighted by atomic mass is 9.99. The van der Waals surface area contributed by atoms with Gasteiger partial charge in [-0.3, -0.25) is 14.4 Å². The molecule has 2 atom stereocenters. The molecule has 11 nitrogen and oxygen atoms in total. The van der Waals surface area contributed by atoms with Crippen LogP contribution in [-0.4, -0.2) is 78.1 Å². The number of nitrogens with one attached hydrogen (secondary N) is 1. The van der Waals surface area contributed by atoms with E-state index in [1.165, 1.54) is 12.0 Å². The highest BCUT2D eigenvalue weighted by Crippen LogP contribution is 2.34. The highest BCUT2D eigenvalue weighted by atomic mass is 16.5. The molecule has 0 unspecified atom stereocenters. The molecule has 1 aromatic heterocycles. The van der Waals surface area contributed by atoms with Crippen LogP contribution < -0.4 is 14.8 Å². The summed E-state index contributed by atoms with van der Waals surface area (Å²) in [4.78, 5) is 44.4. The van der Waals surface area contributed by atoms with E-state index in [4.69, 9.17) is 18.7 Å². The Hall–Kier alpha value is -5.16. The number of nitrogens with zero attached hydrogens (tertiary/aromatic N) is 3. The molecule has 2 aliphatic heterocycles. The number of benzene rings is 3. The van der Waals surface area contributed by atoms with Crippen molar-refractivity contribution >= 4 is 17.7 Å². The van der Waals surface area contributed by atoms with Gasteiger partial charge >= 0.3 is 0 Å². The summed E-state index contributed by atoms with van der Waals surface area (Å²) in [7, 11) is 1.54. The minimum absolute atomic E-state index is 0.125. The van der Waals surface area contributed by atoms with Gasteiger partial charge in [0.25, 0.3) is 11.8 Å². The maximum Gasteiger partial charge on any atom is 0.259 e. The molecule has 1 fully saturated rings. The minimum Gasteiger partial charge on any atom is -0.493 e. The highest BCUT2D eigenvalue weighted by molar-refractivity contribution is 6.01. The van der Waals surface area contributed by atoms with E-state index in [0.29, 0.717) is 65.8 Å². The summed E-state index contributed by atoms with van der Waals surface area (Å²) < 4.78 is 23.6. The Balaban J connectivity index is 1.30. The van der Waals surface area contributed by atoms with Crippen LogP contribution in [0.3, 0.4) is 0 Å². The van der Waals surface area contributed by atoms with Gasteiger partial charge in [0.15, 0.2) is 11.5 Å². The van der Waals surface area contributed by atoms with E-state index >= 15 is 0 Å². The smallest absolute Gasteiger partial charge is 0.259 e. The first-order chi connectivity index (χ1) is 22.8. The minimum atomic E-state index is -0.530. The summed E-state index contributed by atoms with van der Waals surface area (Å²) in [6, 6.07) is 21.5. The standard InChI is InChI=1S/C36H38N4O7/c1-4-16-39-21-32(41)37-28-15-17-40(36(43)33-23(2)47-38-34(33)25-10-6-5-7-11-25)20-31(28)45-22-24-9-8-12-27(18-24)46-30-19-26(35(39)42)13-14-29(30)44-3/h5-14,18-19,28,31H,4,15-17,20-22H2,1-3H3,(H,37,41)/t28-,31-/m0/s1. The number of amides is 3. The zero-order valence-corrected chi connectivity index (χ0v) is 26.7. The zero-order valence-electron chi connectivity index (χ0n) is 26.7. The molecule has 4 aromatic rings. The van der Waals surface area contributed by atoms with Crippen molar-refractivity contribution in [2.75, 3.05) is 33.3 Å². The molecule has 0 radical (unpaired) electrons. The molecule has 0 spiro atoms. The van der Waals surface area contributed by atoms with Gasteiger partial charge in [-0.1, -0.05) is 54.5 Å². The van der Waals surface area contributed by atoms with E-state index in [9.17, 15) is 14.4 Å². The van der Waals surface area contributed by atoms with Gasteiger partial charge in [0.1, 0.15) is 22.8 Å². The number of aryl methyl sites for hydroxylation is 1. The third-order valence-electron chi connectivity index (χ3n) is 8.43. The van der Waals surface area contributed by atoms with Crippen LogP contribution in [0.25, 0.3) is 11.3 Å². The number of likely N-dealkylation sites (tertiary alicyclic amines) is 1. The van der Waals surface area contributed by atoms with Crippen molar-refractivity contribution in [3.8, 4) is 28.5 Å². The SMILES string of the molecule is CCCN1CC(=O)N[C@H]2CCN(C(=O)c3c(-c4ccccc4)noc3C)C[C@@H]2OCc2cccc(c2)Oc2cc(ccc2OC)C1=O. The Morgan fingerprint density at radius 1 is 1.04 bits per heavy atom. The summed E-state index contributed by atoms with van der Waals surface area (Å²) in [5.41, 5.74) is 2.90. The largest absolute Gasteiger partial charge is 0.493 e. The van der Waals surface area contributed by atoms with E-state index in [1.54, 1.807) is 30.0 Å². The van der Waals surface area contributed by atoms with E-state index < -0.39 is 6.10 Å². The van der Waals surface area contributed by atoms with Gasteiger partial charge < -0.3 is 33.9 Å². The maximum atomic E-state index is 14.0. The van der Waals surface area contributed by atoms with Gasteiger partial charge in [-0.15, -0.1) is 0 Å². The maximum absolute atomic E-state index is 14.0. The number of piperidine rings is 1. The quantitative estimate of drug-likeness (QED) is 0.315. The number of fused-ring (bicyclic) bond motifs is 5. The molecule has 4 bridgehead atoms. The topological polar surface area (TPSA) is 123 Å². The van der Waals surface area contributed by atoms with E-state index in [2.05, 4.69) is 10.5 Å². The van der Waals surface area contributed by atoms with Crippen LogP contribution in [-0.2, 0) is 16.1 Å². The lowest BCUT2D eigenvalue weighted by Gasteiger charge is -2.39. The first-order valence-electron chi connectivity index (χ1n) is 15.8. The van der Waals surface area contributed by atoms with Crippen molar-refractivity contribution in [3.05, 3.63) is 95.2 Å². The molecule has 0 aliphatic carbocycles. The Morgan fingerprint density at radius 2 is 1.87 bits per heavy atom. The molecule has 47 heavy (non-hydrogen) atoms. The van der Waals surface area contributed by atoms with Crippen LogP contribution in [0, 0.1) is 6.92 Å². The summed E-state index contributed by atoms with van der Waals surface area (Å²) in [5, 5.41) is 7.31. The average molecular weight is 639 g/mol. The molecule has 2 aliphatic rings. The molecule has 0 saturated carbocycles. The number of rotatable bonds is 5. The van der Waals surface area contributed by atoms with Crippen LogP contribution in [0.4, 0.5) is 0 Å². The molecule has 1 saturated heterocycles. The Labute approximate surface area is 273 Å². The van der Waals surface area contributed by atoms with Crippen LogP contribution >= 0.6 is 0 Å². The molecule has 3 heterocycles. The van der Waals surface area contributed by atoms with Crippen molar-refractivity contribution < 1.29 is 33.1 Å². The first kappa shape index (κ1) is 31.8. The van der Waals surface area contributed by atoms with Crippen molar-refractivity contribution in [1.82, 2.24) is 20.3 Å². The predicted molar refractivity (Wildman–Crippen MR) is 173 cm³/mol. The van der Waals surface area contributed by atoms with Gasteiger partial charge in [0.2, 0.25) is 5.91 Å². The van der Waals surface area contributed by atoms with Gasteiger partial charge in [0.05, 0.1) is 32.4 Å². The lowest BCUT2D eigenvalue weighted by Crippen LogP contribution is -2.57. The molecule has 3 amide bonds. The number of ether oxygens (including phenoxy) is 3. The third kappa shape index (κ3) is 7.00. The molecular formula is C36H38N4O7. The molecule has 244 valence electrons. The summed E-state index contributed by atoms with van der Waals surface area (Å²) >= 11 is 0. The Kier molecular flexibility index (Phi) is 9.53. The number of carbonyl (C=O) groups excluding carboxylic acids is 3. The lowest BCUT2D eigenvalue weighted by molar-refractivity contribution is -0.124. The number of methoxy groups -OCH3 is 1. The van der Waals surface area contributed by atoms with Crippen LogP contribution in [0.1, 0.15) is 51.8 Å². The van der Waals surface area contributed by atoms with E-state index in [1.807, 2.05) is 61.5 Å². The zero-order chi connectivity index (χ0) is 32.9. The summed E-state index contributed by atoms with van der Waals surface area (Å²) in [6.07, 6.45) is 0.600. The fourth-order valence-corrected chi connectivity index (χ4v) is 6.06. The summed E-state index contributed by atoms with van der Waals surface area (Å²) in [5.74, 6) is 1.03. The third-order valence-corrected chi connectivity index (χ3v) is 8.43. The Morgan fingerprint density at radius 3 is 2.66 bits per heavy atom. The van der Waals surface area contributed by atoms with E-state index in [0.717, 1.165) is 11.1 Å². The van der Waals surface area contributed by atoms with Gasteiger partial charge in [-0.2, -0.15) is 0 Å². The second-order valence-electron chi connectivity index (χ2n) is 11.7.